The molecule has 0 aliphatic carbocycles. The van der Waals surface area contributed by atoms with E-state index >= 15 is 0 Å². The Balaban J connectivity index is 2.28. The molecule has 6 heteroatoms. The maximum Gasteiger partial charge on any atom is 0.280 e. The van der Waals surface area contributed by atoms with Crippen LogP contribution in [0.15, 0.2) is 30.5 Å². The minimum absolute atomic E-state index is 0.197. The van der Waals surface area contributed by atoms with E-state index in [2.05, 4.69) is 10.4 Å². The quantitative estimate of drug-likeness (QED) is 0.881. The van der Waals surface area contributed by atoms with E-state index in [1.54, 1.807) is 6.07 Å². The van der Waals surface area contributed by atoms with Gasteiger partial charge in [0.1, 0.15) is 11.5 Å². The molecule has 0 aliphatic rings. The van der Waals surface area contributed by atoms with Crippen molar-refractivity contribution >= 4 is 0 Å². The van der Waals surface area contributed by atoms with Gasteiger partial charge in [-0.3, -0.25) is 0 Å². The molecule has 0 bridgehead atoms. The van der Waals surface area contributed by atoms with Gasteiger partial charge in [0, 0.05) is 12.1 Å². The molecule has 1 aromatic carbocycles. The van der Waals surface area contributed by atoms with Gasteiger partial charge in [-0.25, -0.2) is 17.9 Å². The number of nitrogens with one attached hydrogen (secondary N) is 1. The molecule has 0 spiro atoms. The number of alkyl halides is 2. The molecule has 0 aliphatic heterocycles. The third-order valence-electron chi connectivity index (χ3n) is 3.01. The van der Waals surface area contributed by atoms with Gasteiger partial charge in [0.05, 0.1) is 11.9 Å². The van der Waals surface area contributed by atoms with Crippen molar-refractivity contribution in [3.8, 4) is 5.69 Å². The van der Waals surface area contributed by atoms with Gasteiger partial charge in [-0.1, -0.05) is 19.9 Å². The smallest absolute Gasteiger partial charge is 0.280 e. The second-order valence-corrected chi connectivity index (χ2v) is 5.27. The molecule has 0 saturated carbocycles. The fourth-order valence-corrected chi connectivity index (χ4v) is 2.07. The van der Waals surface area contributed by atoms with Crippen LogP contribution in [0.2, 0.25) is 0 Å². The van der Waals surface area contributed by atoms with Crippen LogP contribution in [-0.2, 0) is 6.54 Å². The number of benzene rings is 1. The van der Waals surface area contributed by atoms with E-state index in [9.17, 15) is 13.2 Å². The molecule has 2 rings (SSSR count). The molecule has 114 valence electrons. The van der Waals surface area contributed by atoms with E-state index in [-0.39, 0.29) is 5.69 Å². The average molecular weight is 297 g/mol. The minimum Gasteiger partial charge on any atom is -0.312 e. The van der Waals surface area contributed by atoms with Gasteiger partial charge in [0.25, 0.3) is 6.43 Å². The number of halogens is 3. The Labute approximate surface area is 121 Å². The monoisotopic (exact) mass is 297 g/mol. The molecule has 1 N–H and O–H groups in total. The standard InChI is InChI=1S/C15H18F3N3/c1-10(2)7-19-8-11-9-20-21(14(11)15(17)18)13-5-3-4-12(16)6-13/h3-6,9-10,15,19H,7-8H2,1-2H3. The van der Waals surface area contributed by atoms with Gasteiger partial charge in [-0.2, -0.15) is 5.10 Å². The summed E-state index contributed by atoms with van der Waals surface area (Å²) in [5.74, 6) is -0.0547. The van der Waals surface area contributed by atoms with Gasteiger partial charge in [0.2, 0.25) is 0 Å². The molecule has 0 saturated heterocycles. The normalized spacial score (nSPS) is 11.6. The van der Waals surface area contributed by atoms with Crippen LogP contribution < -0.4 is 5.32 Å². The first kappa shape index (κ1) is 15.6. The third-order valence-corrected chi connectivity index (χ3v) is 3.01. The lowest BCUT2D eigenvalue weighted by atomic mass is 10.2. The van der Waals surface area contributed by atoms with Crippen LogP contribution in [0.3, 0.4) is 0 Å². The molecular formula is C15H18F3N3. The van der Waals surface area contributed by atoms with E-state index in [4.69, 9.17) is 0 Å². The maximum absolute atomic E-state index is 13.3. The third kappa shape index (κ3) is 3.85. The summed E-state index contributed by atoms with van der Waals surface area (Å²) in [6.07, 6.45) is -1.27. The Hall–Kier alpha value is -1.82. The largest absolute Gasteiger partial charge is 0.312 e. The number of aromatic nitrogens is 2. The van der Waals surface area contributed by atoms with Crippen LogP contribution in [-0.4, -0.2) is 16.3 Å². The van der Waals surface area contributed by atoms with Crippen molar-refractivity contribution in [2.75, 3.05) is 6.54 Å². The summed E-state index contributed by atoms with van der Waals surface area (Å²) in [7, 11) is 0. The van der Waals surface area contributed by atoms with Crippen LogP contribution >= 0.6 is 0 Å². The lowest BCUT2D eigenvalue weighted by molar-refractivity contribution is 0.141. The molecular weight excluding hydrogens is 279 g/mol. The van der Waals surface area contributed by atoms with Crippen molar-refractivity contribution in [1.29, 1.82) is 0 Å². The van der Waals surface area contributed by atoms with Crippen molar-refractivity contribution in [2.24, 2.45) is 5.92 Å². The zero-order valence-corrected chi connectivity index (χ0v) is 12.0. The van der Waals surface area contributed by atoms with Gasteiger partial charge >= 0.3 is 0 Å². The Morgan fingerprint density at radius 3 is 2.67 bits per heavy atom. The summed E-state index contributed by atoms with van der Waals surface area (Å²) in [4.78, 5) is 0. The minimum atomic E-state index is -2.67. The van der Waals surface area contributed by atoms with Crippen molar-refractivity contribution in [3.63, 3.8) is 0 Å². The van der Waals surface area contributed by atoms with Gasteiger partial charge < -0.3 is 5.32 Å². The summed E-state index contributed by atoms with van der Waals surface area (Å²) in [5, 5.41) is 7.09. The average Bonchev–Trinajstić information content (AvgIpc) is 2.82. The first-order valence-corrected chi connectivity index (χ1v) is 6.80. The Morgan fingerprint density at radius 1 is 1.29 bits per heavy atom. The summed E-state index contributed by atoms with van der Waals surface area (Å²) >= 11 is 0. The van der Waals surface area contributed by atoms with E-state index in [1.165, 1.54) is 24.4 Å². The molecule has 21 heavy (non-hydrogen) atoms. The zero-order chi connectivity index (χ0) is 15.4. The SMILES string of the molecule is CC(C)CNCc1cnn(-c2cccc(F)c2)c1C(F)F. The fourth-order valence-electron chi connectivity index (χ4n) is 2.07. The summed E-state index contributed by atoms with van der Waals surface area (Å²) in [6, 6.07) is 5.47. The van der Waals surface area contributed by atoms with Crippen LogP contribution in [0.5, 0.6) is 0 Å². The Morgan fingerprint density at radius 2 is 2.05 bits per heavy atom. The first-order valence-electron chi connectivity index (χ1n) is 6.80. The predicted octanol–water partition coefficient (Wildman–Crippen LogP) is 3.69. The van der Waals surface area contributed by atoms with Crippen LogP contribution in [0.4, 0.5) is 13.2 Å². The van der Waals surface area contributed by atoms with Crippen LogP contribution in [0, 0.1) is 11.7 Å². The number of nitrogens with zero attached hydrogens (tertiary/aromatic N) is 2. The highest BCUT2D eigenvalue weighted by Crippen LogP contribution is 2.26. The second kappa shape index (κ2) is 6.76. The number of rotatable bonds is 6. The van der Waals surface area contributed by atoms with E-state index < -0.39 is 12.2 Å². The molecule has 1 aromatic heterocycles. The van der Waals surface area contributed by atoms with Gasteiger partial charge in [-0.05, 0) is 30.7 Å². The zero-order valence-electron chi connectivity index (χ0n) is 12.0. The molecule has 0 radical (unpaired) electrons. The predicted molar refractivity (Wildman–Crippen MR) is 75.0 cm³/mol. The first-order chi connectivity index (χ1) is 9.99. The van der Waals surface area contributed by atoms with Crippen molar-refractivity contribution < 1.29 is 13.2 Å². The lowest BCUT2D eigenvalue weighted by Gasteiger charge is -2.10. The van der Waals surface area contributed by atoms with E-state index in [0.29, 0.717) is 23.7 Å². The molecule has 0 amide bonds. The highest BCUT2D eigenvalue weighted by atomic mass is 19.3. The maximum atomic E-state index is 13.3. The summed E-state index contributed by atoms with van der Waals surface area (Å²) in [6.45, 7) is 5.12. The summed E-state index contributed by atoms with van der Waals surface area (Å²) < 4.78 is 41.0. The lowest BCUT2D eigenvalue weighted by Crippen LogP contribution is -2.19. The van der Waals surface area contributed by atoms with Crippen molar-refractivity contribution in [3.05, 3.63) is 47.5 Å². The van der Waals surface area contributed by atoms with E-state index in [0.717, 1.165) is 11.2 Å². The molecule has 0 fully saturated rings. The number of hydrogen-bond donors (Lipinski definition) is 1. The molecule has 0 atom stereocenters. The second-order valence-electron chi connectivity index (χ2n) is 5.27. The number of hydrogen-bond acceptors (Lipinski definition) is 2. The van der Waals surface area contributed by atoms with Crippen LogP contribution in [0.1, 0.15) is 31.5 Å². The fraction of sp³-hybridized carbons (Fsp3) is 0.400. The van der Waals surface area contributed by atoms with Gasteiger partial charge in [0.15, 0.2) is 0 Å². The van der Waals surface area contributed by atoms with Crippen molar-refractivity contribution in [2.45, 2.75) is 26.8 Å². The van der Waals surface area contributed by atoms with Crippen LogP contribution in [0.25, 0.3) is 5.69 Å². The topological polar surface area (TPSA) is 29.9 Å². The highest BCUT2D eigenvalue weighted by Gasteiger charge is 2.21. The Bertz CT molecular complexity index is 594. The molecule has 3 nitrogen and oxygen atoms in total. The van der Waals surface area contributed by atoms with Crippen molar-refractivity contribution in [1.82, 2.24) is 15.1 Å². The van der Waals surface area contributed by atoms with E-state index in [1.807, 2.05) is 13.8 Å². The summed E-state index contributed by atoms with van der Waals surface area (Å²) in [5.41, 5.74) is 0.521. The highest BCUT2D eigenvalue weighted by molar-refractivity contribution is 5.36. The molecule has 2 aromatic rings. The molecule has 0 unspecified atom stereocenters. The Kier molecular flexibility index (Phi) is 5.01. The van der Waals surface area contributed by atoms with Gasteiger partial charge in [-0.15, -0.1) is 0 Å². The molecule has 1 heterocycles.